The molecule has 3 nitrogen and oxygen atoms in total. The molecular weight excluding hydrogens is 190 g/mol. The molecule has 82 valence electrons. The van der Waals surface area contributed by atoms with Crippen LogP contribution in [0.15, 0.2) is 18.2 Å². The fourth-order valence-electron chi connectivity index (χ4n) is 1.36. The van der Waals surface area contributed by atoms with E-state index in [2.05, 4.69) is 5.32 Å². The topological polar surface area (TPSA) is 49.3 Å². The van der Waals surface area contributed by atoms with Crippen molar-refractivity contribution in [2.45, 2.75) is 27.2 Å². The molecule has 0 aliphatic rings. The van der Waals surface area contributed by atoms with Gasteiger partial charge in [-0.05, 0) is 36.6 Å². The summed E-state index contributed by atoms with van der Waals surface area (Å²) >= 11 is 0. The third-order valence-corrected chi connectivity index (χ3v) is 2.08. The number of aryl methyl sites for hydroxylation is 1. The van der Waals surface area contributed by atoms with Crippen LogP contribution in [0.2, 0.25) is 0 Å². The molecule has 1 aromatic carbocycles. The van der Waals surface area contributed by atoms with E-state index in [1.165, 1.54) is 0 Å². The van der Waals surface area contributed by atoms with Crippen LogP contribution in [-0.4, -0.2) is 11.0 Å². The Kier molecular flexibility index (Phi) is 3.72. The van der Waals surface area contributed by atoms with Gasteiger partial charge in [-0.15, -0.1) is 0 Å². The quantitative estimate of drug-likeness (QED) is 0.749. The summed E-state index contributed by atoms with van der Waals surface area (Å²) in [5.74, 6) is 0.579. The second-order valence-corrected chi connectivity index (χ2v) is 4.15. The molecule has 0 fully saturated rings. The van der Waals surface area contributed by atoms with Crippen LogP contribution in [-0.2, 0) is 4.79 Å². The van der Waals surface area contributed by atoms with Crippen LogP contribution in [0.4, 0.5) is 5.69 Å². The van der Waals surface area contributed by atoms with E-state index in [0.717, 1.165) is 11.3 Å². The molecule has 1 aromatic rings. The van der Waals surface area contributed by atoms with Gasteiger partial charge in [0.05, 0.1) is 0 Å². The van der Waals surface area contributed by atoms with E-state index in [0.29, 0.717) is 12.3 Å². The summed E-state index contributed by atoms with van der Waals surface area (Å²) in [7, 11) is 0. The first-order chi connectivity index (χ1) is 6.99. The van der Waals surface area contributed by atoms with Gasteiger partial charge in [-0.1, -0.05) is 13.8 Å². The molecule has 0 aliphatic heterocycles. The van der Waals surface area contributed by atoms with E-state index in [4.69, 9.17) is 0 Å². The van der Waals surface area contributed by atoms with Crippen molar-refractivity contribution in [2.75, 3.05) is 5.32 Å². The molecule has 0 atom stereocenters. The Bertz CT molecular complexity index is 359. The molecular formula is C12H17NO2. The second kappa shape index (κ2) is 4.82. The monoisotopic (exact) mass is 207 g/mol. The smallest absolute Gasteiger partial charge is 0.224 e. The molecule has 0 saturated carbocycles. The lowest BCUT2D eigenvalue weighted by molar-refractivity contribution is -0.116. The number of carbonyl (C=O) groups excluding carboxylic acids is 1. The van der Waals surface area contributed by atoms with Gasteiger partial charge in [0.2, 0.25) is 5.91 Å². The third-order valence-electron chi connectivity index (χ3n) is 2.08. The molecule has 2 N–H and O–H groups in total. The minimum Gasteiger partial charge on any atom is -0.508 e. The Balaban J connectivity index is 2.68. The average molecular weight is 207 g/mol. The van der Waals surface area contributed by atoms with Crippen molar-refractivity contribution in [3.63, 3.8) is 0 Å². The molecule has 0 unspecified atom stereocenters. The fourth-order valence-corrected chi connectivity index (χ4v) is 1.36. The highest BCUT2D eigenvalue weighted by molar-refractivity contribution is 5.91. The maximum absolute atomic E-state index is 11.5. The normalized spacial score (nSPS) is 10.4. The first-order valence-electron chi connectivity index (χ1n) is 5.08. The highest BCUT2D eigenvalue weighted by Gasteiger charge is 2.06. The summed E-state index contributed by atoms with van der Waals surface area (Å²) < 4.78 is 0. The van der Waals surface area contributed by atoms with Crippen molar-refractivity contribution in [1.29, 1.82) is 0 Å². The Hall–Kier alpha value is -1.51. The highest BCUT2D eigenvalue weighted by Crippen LogP contribution is 2.20. The molecule has 15 heavy (non-hydrogen) atoms. The van der Waals surface area contributed by atoms with Gasteiger partial charge in [0, 0.05) is 12.1 Å². The number of benzene rings is 1. The summed E-state index contributed by atoms with van der Waals surface area (Å²) in [4.78, 5) is 11.5. The molecule has 0 heterocycles. The average Bonchev–Trinajstić information content (AvgIpc) is 2.08. The molecule has 1 amide bonds. The second-order valence-electron chi connectivity index (χ2n) is 4.15. The summed E-state index contributed by atoms with van der Waals surface area (Å²) in [6, 6.07) is 4.91. The van der Waals surface area contributed by atoms with Crippen LogP contribution in [0.5, 0.6) is 5.75 Å². The van der Waals surface area contributed by atoms with E-state index in [9.17, 15) is 9.90 Å². The maximum atomic E-state index is 11.5. The van der Waals surface area contributed by atoms with E-state index in [1.54, 1.807) is 18.2 Å². The zero-order valence-corrected chi connectivity index (χ0v) is 9.37. The minimum atomic E-state index is 0.0128. The molecule has 0 aromatic heterocycles. The number of phenolic OH excluding ortho intramolecular Hbond substituents is 1. The van der Waals surface area contributed by atoms with Gasteiger partial charge in [0.15, 0.2) is 0 Å². The van der Waals surface area contributed by atoms with Crippen LogP contribution in [0, 0.1) is 12.8 Å². The van der Waals surface area contributed by atoms with Crippen molar-refractivity contribution in [3.05, 3.63) is 23.8 Å². The zero-order chi connectivity index (χ0) is 11.4. The maximum Gasteiger partial charge on any atom is 0.224 e. The predicted molar refractivity (Wildman–Crippen MR) is 60.9 cm³/mol. The largest absolute Gasteiger partial charge is 0.508 e. The molecule has 1 rings (SSSR count). The van der Waals surface area contributed by atoms with Crippen molar-refractivity contribution < 1.29 is 9.90 Å². The fraction of sp³-hybridized carbons (Fsp3) is 0.417. The summed E-state index contributed by atoms with van der Waals surface area (Å²) in [5, 5.41) is 12.0. The highest BCUT2D eigenvalue weighted by atomic mass is 16.3. The van der Waals surface area contributed by atoms with Crippen molar-refractivity contribution in [2.24, 2.45) is 5.92 Å². The van der Waals surface area contributed by atoms with Crippen LogP contribution >= 0.6 is 0 Å². The first kappa shape index (κ1) is 11.6. The number of nitrogens with one attached hydrogen (secondary N) is 1. The number of rotatable bonds is 3. The third kappa shape index (κ3) is 3.62. The molecule has 0 aliphatic carbocycles. The van der Waals surface area contributed by atoms with Gasteiger partial charge < -0.3 is 10.4 Å². The molecule has 3 heteroatoms. The zero-order valence-electron chi connectivity index (χ0n) is 9.37. The van der Waals surface area contributed by atoms with E-state index in [-0.39, 0.29) is 11.7 Å². The molecule has 0 saturated heterocycles. The van der Waals surface area contributed by atoms with Gasteiger partial charge in [0.1, 0.15) is 5.75 Å². The Labute approximate surface area is 90.1 Å². The Morgan fingerprint density at radius 3 is 2.67 bits per heavy atom. The number of amides is 1. The van der Waals surface area contributed by atoms with Gasteiger partial charge in [-0.3, -0.25) is 4.79 Å². The van der Waals surface area contributed by atoms with Crippen LogP contribution in [0.25, 0.3) is 0 Å². The van der Waals surface area contributed by atoms with Crippen molar-refractivity contribution >= 4 is 11.6 Å². The summed E-state index contributed by atoms with van der Waals surface area (Å²) in [6.07, 6.45) is 0.514. The van der Waals surface area contributed by atoms with E-state index < -0.39 is 0 Å². The number of phenols is 1. The standard InChI is InChI=1S/C12H17NO2/c1-8(2)6-12(15)13-11-5-4-10(14)7-9(11)3/h4-5,7-8,14H,6H2,1-3H3,(H,13,15). The van der Waals surface area contributed by atoms with Crippen LogP contribution in [0.3, 0.4) is 0 Å². The number of aromatic hydroxyl groups is 1. The first-order valence-corrected chi connectivity index (χ1v) is 5.08. The summed E-state index contributed by atoms with van der Waals surface area (Å²) in [6.45, 7) is 5.86. The van der Waals surface area contributed by atoms with Crippen LogP contribution < -0.4 is 5.32 Å². The Morgan fingerprint density at radius 1 is 1.47 bits per heavy atom. The number of hydrogen-bond donors (Lipinski definition) is 2. The minimum absolute atomic E-state index is 0.0128. The SMILES string of the molecule is Cc1cc(O)ccc1NC(=O)CC(C)C. The Morgan fingerprint density at radius 2 is 2.13 bits per heavy atom. The molecule has 0 spiro atoms. The van der Waals surface area contributed by atoms with Gasteiger partial charge in [0.25, 0.3) is 0 Å². The number of carbonyl (C=O) groups is 1. The number of anilines is 1. The van der Waals surface area contributed by atoms with Gasteiger partial charge in [-0.25, -0.2) is 0 Å². The van der Waals surface area contributed by atoms with Crippen molar-refractivity contribution in [3.8, 4) is 5.75 Å². The molecule has 0 radical (unpaired) electrons. The lowest BCUT2D eigenvalue weighted by Crippen LogP contribution is -2.14. The number of hydrogen-bond acceptors (Lipinski definition) is 2. The molecule has 0 bridgehead atoms. The van der Waals surface area contributed by atoms with Crippen molar-refractivity contribution in [1.82, 2.24) is 0 Å². The van der Waals surface area contributed by atoms with Gasteiger partial charge >= 0.3 is 0 Å². The lowest BCUT2D eigenvalue weighted by Gasteiger charge is -2.09. The van der Waals surface area contributed by atoms with Gasteiger partial charge in [-0.2, -0.15) is 0 Å². The lowest BCUT2D eigenvalue weighted by atomic mass is 10.1. The summed E-state index contributed by atoms with van der Waals surface area (Å²) in [5.41, 5.74) is 1.63. The van der Waals surface area contributed by atoms with Crippen LogP contribution in [0.1, 0.15) is 25.8 Å². The van der Waals surface area contributed by atoms with E-state index >= 15 is 0 Å². The predicted octanol–water partition coefficient (Wildman–Crippen LogP) is 2.69. The van der Waals surface area contributed by atoms with E-state index in [1.807, 2.05) is 20.8 Å².